The average Bonchev–Trinajstić information content (AvgIpc) is 3.27. The number of anilines is 2. The third-order valence-electron chi connectivity index (χ3n) is 6.69. The van der Waals surface area contributed by atoms with Crippen LogP contribution >= 0.6 is 11.6 Å². The molecule has 1 aliphatic heterocycles. The molecular formula is C28H32ClN3O7S2. The number of rotatable bonds is 10. The number of methoxy groups -OCH3 is 2. The number of ether oxygens (including phenoxy) is 2. The summed E-state index contributed by atoms with van der Waals surface area (Å²) in [6.45, 7) is 0.401. The predicted octanol–water partition coefficient (Wildman–Crippen LogP) is 4.76. The highest BCUT2D eigenvalue weighted by molar-refractivity contribution is 7.92. The van der Waals surface area contributed by atoms with Crippen molar-refractivity contribution in [1.82, 2.24) is 4.31 Å². The maximum atomic E-state index is 13.7. The van der Waals surface area contributed by atoms with Gasteiger partial charge in [0.2, 0.25) is 15.9 Å². The highest BCUT2D eigenvalue weighted by Crippen LogP contribution is 2.32. The standard InChI is InChI=1S/C28H32ClN3O7S2/c1-38-26-16-15-25(19-27(26)39-2)41(36,37)32(23-11-7-21(29)8-12-23)20-28(33)30-22-9-13-24(14-10-22)40(34,35)31-17-5-3-4-6-18-31/h7-16,19H,3-6,17-18,20H2,1-2H3,(H,30,33). The lowest BCUT2D eigenvalue weighted by molar-refractivity contribution is -0.114. The molecule has 220 valence electrons. The monoisotopic (exact) mass is 621 g/mol. The van der Waals surface area contributed by atoms with E-state index in [9.17, 15) is 21.6 Å². The maximum Gasteiger partial charge on any atom is 0.264 e. The van der Waals surface area contributed by atoms with Crippen molar-refractivity contribution in [2.45, 2.75) is 35.5 Å². The van der Waals surface area contributed by atoms with Crippen molar-refractivity contribution in [3.05, 3.63) is 71.8 Å². The Kier molecular flexibility index (Phi) is 9.80. The van der Waals surface area contributed by atoms with Gasteiger partial charge in [-0.25, -0.2) is 16.8 Å². The van der Waals surface area contributed by atoms with E-state index in [0.29, 0.717) is 29.5 Å². The molecule has 1 N–H and O–H groups in total. The summed E-state index contributed by atoms with van der Waals surface area (Å²) in [5.74, 6) is -0.0695. The molecule has 1 saturated heterocycles. The van der Waals surface area contributed by atoms with Crippen LogP contribution in [0.25, 0.3) is 0 Å². The van der Waals surface area contributed by atoms with Crippen LogP contribution in [-0.2, 0) is 24.8 Å². The minimum absolute atomic E-state index is 0.110. The number of sulfonamides is 2. The SMILES string of the molecule is COc1ccc(S(=O)(=O)N(CC(=O)Nc2ccc(S(=O)(=O)N3CCCCCC3)cc2)c2ccc(Cl)cc2)cc1OC. The highest BCUT2D eigenvalue weighted by atomic mass is 35.5. The first-order chi connectivity index (χ1) is 19.6. The Labute approximate surface area is 245 Å². The third-order valence-corrected chi connectivity index (χ3v) is 10.6. The lowest BCUT2D eigenvalue weighted by atomic mass is 10.2. The molecule has 1 heterocycles. The van der Waals surface area contributed by atoms with Crippen LogP contribution in [0.1, 0.15) is 25.7 Å². The van der Waals surface area contributed by atoms with Crippen LogP contribution in [0.15, 0.2) is 76.5 Å². The number of halogens is 1. The summed E-state index contributed by atoms with van der Waals surface area (Å²) in [5, 5.41) is 3.06. The quantitative estimate of drug-likeness (QED) is 0.346. The fraction of sp³-hybridized carbons (Fsp3) is 0.321. The molecule has 41 heavy (non-hydrogen) atoms. The Morgan fingerprint density at radius 3 is 2.00 bits per heavy atom. The van der Waals surface area contributed by atoms with Crippen LogP contribution in [0.3, 0.4) is 0 Å². The zero-order valence-electron chi connectivity index (χ0n) is 22.7. The van der Waals surface area contributed by atoms with Crippen LogP contribution < -0.4 is 19.1 Å². The summed E-state index contributed by atoms with van der Waals surface area (Å²) < 4.78 is 66.6. The molecule has 4 rings (SSSR count). The smallest absolute Gasteiger partial charge is 0.264 e. The lowest BCUT2D eigenvalue weighted by Crippen LogP contribution is -2.38. The molecule has 10 nitrogen and oxygen atoms in total. The first kappa shape index (κ1) is 30.6. The van der Waals surface area contributed by atoms with Crippen molar-refractivity contribution in [3.8, 4) is 11.5 Å². The largest absolute Gasteiger partial charge is 0.493 e. The van der Waals surface area contributed by atoms with E-state index < -0.39 is 32.5 Å². The molecular weight excluding hydrogens is 590 g/mol. The van der Waals surface area contributed by atoms with Crippen molar-refractivity contribution in [1.29, 1.82) is 0 Å². The van der Waals surface area contributed by atoms with E-state index in [0.717, 1.165) is 30.0 Å². The van der Waals surface area contributed by atoms with Crippen LogP contribution in [0.4, 0.5) is 11.4 Å². The Hall–Kier alpha value is -3.32. The summed E-state index contributed by atoms with van der Waals surface area (Å²) in [4.78, 5) is 13.1. The van der Waals surface area contributed by atoms with E-state index in [1.807, 2.05) is 0 Å². The van der Waals surface area contributed by atoms with Gasteiger partial charge in [-0.1, -0.05) is 24.4 Å². The molecule has 0 bridgehead atoms. The molecule has 0 atom stereocenters. The number of nitrogens with zero attached hydrogens (tertiary/aromatic N) is 2. The van der Waals surface area contributed by atoms with Gasteiger partial charge in [-0.2, -0.15) is 4.31 Å². The minimum Gasteiger partial charge on any atom is -0.493 e. The van der Waals surface area contributed by atoms with Gasteiger partial charge in [0.1, 0.15) is 6.54 Å². The average molecular weight is 622 g/mol. The molecule has 1 fully saturated rings. The van der Waals surface area contributed by atoms with Gasteiger partial charge in [0.15, 0.2) is 11.5 Å². The number of hydrogen-bond donors (Lipinski definition) is 1. The maximum absolute atomic E-state index is 13.7. The zero-order valence-corrected chi connectivity index (χ0v) is 25.1. The Bertz CT molecular complexity index is 1570. The fourth-order valence-electron chi connectivity index (χ4n) is 4.50. The number of nitrogens with one attached hydrogen (secondary N) is 1. The summed E-state index contributed by atoms with van der Waals surface area (Å²) in [5.41, 5.74) is 0.544. The molecule has 1 amide bonds. The second kappa shape index (κ2) is 13.1. The number of hydrogen-bond acceptors (Lipinski definition) is 7. The van der Waals surface area contributed by atoms with E-state index in [-0.39, 0.29) is 21.2 Å². The minimum atomic E-state index is -4.24. The van der Waals surface area contributed by atoms with Gasteiger partial charge in [0, 0.05) is 29.9 Å². The van der Waals surface area contributed by atoms with Crippen LogP contribution in [-0.4, -0.2) is 60.9 Å². The fourth-order valence-corrected chi connectivity index (χ4v) is 7.58. The molecule has 0 unspecified atom stereocenters. The number of carbonyl (C=O) groups is 1. The summed E-state index contributed by atoms with van der Waals surface area (Å²) in [6, 6.07) is 16.0. The lowest BCUT2D eigenvalue weighted by Gasteiger charge is -2.24. The van der Waals surface area contributed by atoms with Gasteiger partial charge in [-0.3, -0.25) is 9.10 Å². The number of carbonyl (C=O) groups excluding carboxylic acids is 1. The summed E-state index contributed by atoms with van der Waals surface area (Å²) >= 11 is 6.01. The van der Waals surface area contributed by atoms with E-state index in [1.54, 1.807) is 0 Å². The molecule has 13 heteroatoms. The third kappa shape index (κ3) is 7.13. The van der Waals surface area contributed by atoms with Crippen LogP contribution in [0.2, 0.25) is 5.02 Å². The Morgan fingerprint density at radius 2 is 1.41 bits per heavy atom. The van der Waals surface area contributed by atoms with Gasteiger partial charge >= 0.3 is 0 Å². The second-order valence-corrected chi connectivity index (χ2v) is 13.6. The zero-order chi connectivity index (χ0) is 29.6. The van der Waals surface area contributed by atoms with E-state index in [1.165, 1.54) is 85.3 Å². The van der Waals surface area contributed by atoms with E-state index in [2.05, 4.69) is 5.32 Å². The molecule has 0 aromatic heterocycles. The van der Waals surface area contributed by atoms with Gasteiger partial charge < -0.3 is 14.8 Å². The Morgan fingerprint density at radius 1 is 0.829 bits per heavy atom. The molecule has 0 saturated carbocycles. The van der Waals surface area contributed by atoms with Crippen molar-refractivity contribution < 1.29 is 31.1 Å². The van der Waals surface area contributed by atoms with Crippen molar-refractivity contribution in [2.75, 3.05) is 43.5 Å². The van der Waals surface area contributed by atoms with Crippen molar-refractivity contribution in [3.63, 3.8) is 0 Å². The van der Waals surface area contributed by atoms with Gasteiger partial charge in [-0.05, 0) is 73.5 Å². The topological polar surface area (TPSA) is 122 Å². The molecule has 0 radical (unpaired) electrons. The molecule has 0 aliphatic carbocycles. The summed E-state index contributed by atoms with van der Waals surface area (Å²) in [6.07, 6.45) is 3.66. The van der Waals surface area contributed by atoms with Gasteiger partial charge in [0.05, 0.1) is 29.7 Å². The van der Waals surface area contributed by atoms with Crippen molar-refractivity contribution in [2.24, 2.45) is 0 Å². The first-order valence-corrected chi connectivity index (χ1v) is 16.2. The highest BCUT2D eigenvalue weighted by Gasteiger charge is 2.29. The summed E-state index contributed by atoms with van der Waals surface area (Å²) in [7, 11) is -5.06. The van der Waals surface area contributed by atoms with Crippen LogP contribution in [0, 0.1) is 0 Å². The molecule has 3 aromatic carbocycles. The molecule has 0 spiro atoms. The van der Waals surface area contributed by atoms with E-state index >= 15 is 0 Å². The van der Waals surface area contributed by atoms with Crippen LogP contribution in [0.5, 0.6) is 11.5 Å². The predicted molar refractivity (Wildman–Crippen MR) is 158 cm³/mol. The Balaban J connectivity index is 1.56. The second-order valence-electron chi connectivity index (χ2n) is 9.40. The number of benzene rings is 3. The van der Waals surface area contributed by atoms with Gasteiger partial charge in [0.25, 0.3) is 10.0 Å². The van der Waals surface area contributed by atoms with Crippen molar-refractivity contribution >= 4 is 48.9 Å². The first-order valence-electron chi connectivity index (χ1n) is 13.0. The molecule has 3 aromatic rings. The normalized spacial score (nSPS) is 14.6. The molecule has 1 aliphatic rings. The van der Waals surface area contributed by atoms with E-state index in [4.69, 9.17) is 21.1 Å². The van der Waals surface area contributed by atoms with Gasteiger partial charge in [-0.15, -0.1) is 0 Å². The number of amides is 1.